The fourth-order valence-electron chi connectivity index (χ4n) is 2.28. The number of rotatable bonds is 7. The molecule has 124 valence electrons. The molecule has 2 aromatic carbocycles. The van der Waals surface area contributed by atoms with E-state index in [-0.39, 0.29) is 12.1 Å². The maximum absolute atomic E-state index is 12.4. The summed E-state index contributed by atoms with van der Waals surface area (Å²) in [6.45, 7) is 0. The highest BCUT2D eigenvalue weighted by Crippen LogP contribution is 2.19. The molecule has 2 aromatic rings. The maximum Gasteiger partial charge on any atom is 0.304 e. The normalized spacial score (nSPS) is 11.5. The van der Waals surface area contributed by atoms with Gasteiger partial charge in [0.2, 0.25) is 5.91 Å². The molecule has 0 fully saturated rings. The van der Waals surface area contributed by atoms with Gasteiger partial charge in [0, 0.05) is 17.8 Å². The minimum Gasteiger partial charge on any atom is -0.481 e. The lowest BCUT2D eigenvalue weighted by molar-refractivity contribution is -0.384. The lowest BCUT2D eigenvalue weighted by Gasteiger charge is -2.15. The number of non-ortho nitro benzene ring substituents is 1. The molecule has 2 N–H and O–H groups in total. The molecule has 0 saturated heterocycles. The molecular formula is C17H16N2O5. The molecule has 0 bridgehead atoms. The van der Waals surface area contributed by atoms with E-state index in [1.807, 2.05) is 30.3 Å². The predicted octanol–water partition coefficient (Wildman–Crippen LogP) is 2.87. The molecule has 24 heavy (non-hydrogen) atoms. The molecule has 0 aromatic heterocycles. The molecule has 0 radical (unpaired) electrons. The number of nitro benzene ring substituents is 1. The van der Waals surface area contributed by atoms with Crippen LogP contribution in [0.3, 0.4) is 0 Å². The standard InChI is InChI=1S/C17H16N2O5/c20-16(21)11-13(10-12-4-2-1-3-5-12)17(22)18-14-6-8-15(9-7-14)19(23)24/h1-9,13H,10-11H2,(H,18,22)(H,20,21)/t13-/m1/s1. The quantitative estimate of drug-likeness (QED) is 0.600. The largest absolute Gasteiger partial charge is 0.481 e. The molecule has 0 spiro atoms. The Morgan fingerprint density at radius 2 is 1.71 bits per heavy atom. The summed E-state index contributed by atoms with van der Waals surface area (Å²) in [5, 5.41) is 22.2. The van der Waals surface area contributed by atoms with Gasteiger partial charge in [-0.05, 0) is 24.1 Å². The first kappa shape index (κ1) is 17.1. The van der Waals surface area contributed by atoms with Gasteiger partial charge >= 0.3 is 5.97 Å². The van der Waals surface area contributed by atoms with Crippen LogP contribution in [0.2, 0.25) is 0 Å². The van der Waals surface area contributed by atoms with Crippen molar-refractivity contribution < 1.29 is 19.6 Å². The molecule has 7 heteroatoms. The van der Waals surface area contributed by atoms with Crippen LogP contribution in [-0.2, 0) is 16.0 Å². The summed E-state index contributed by atoms with van der Waals surface area (Å²) in [5.74, 6) is -2.23. The highest BCUT2D eigenvalue weighted by molar-refractivity contribution is 5.94. The number of nitrogens with one attached hydrogen (secondary N) is 1. The molecular weight excluding hydrogens is 312 g/mol. The Kier molecular flexibility index (Phi) is 5.62. The lowest BCUT2D eigenvalue weighted by Crippen LogP contribution is -2.27. The Hall–Kier alpha value is -3.22. The Balaban J connectivity index is 2.09. The zero-order valence-electron chi connectivity index (χ0n) is 12.7. The second-order valence-electron chi connectivity index (χ2n) is 5.28. The van der Waals surface area contributed by atoms with Crippen LogP contribution in [0.15, 0.2) is 54.6 Å². The van der Waals surface area contributed by atoms with Gasteiger partial charge < -0.3 is 10.4 Å². The van der Waals surface area contributed by atoms with Gasteiger partial charge in [-0.1, -0.05) is 30.3 Å². The smallest absolute Gasteiger partial charge is 0.304 e. The maximum atomic E-state index is 12.4. The number of hydrogen-bond donors (Lipinski definition) is 2. The first-order valence-corrected chi connectivity index (χ1v) is 7.26. The van der Waals surface area contributed by atoms with E-state index >= 15 is 0 Å². The van der Waals surface area contributed by atoms with Gasteiger partial charge in [0.25, 0.3) is 5.69 Å². The van der Waals surface area contributed by atoms with Gasteiger partial charge in [0.1, 0.15) is 0 Å². The summed E-state index contributed by atoms with van der Waals surface area (Å²) in [6.07, 6.45) is -0.000334. The number of anilines is 1. The number of nitro groups is 1. The minimum absolute atomic E-state index is 0.0839. The van der Waals surface area contributed by atoms with E-state index < -0.39 is 22.7 Å². The van der Waals surface area contributed by atoms with E-state index in [4.69, 9.17) is 5.11 Å². The Morgan fingerprint density at radius 1 is 1.08 bits per heavy atom. The van der Waals surface area contributed by atoms with Crippen molar-refractivity contribution in [2.45, 2.75) is 12.8 Å². The highest BCUT2D eigenvalue weighted by atomic mass is 16.6. The summed E-state index contributed by atoms with van der Waals surface area (Å²) in [5.41, 5.74) is 1.16. The third-order valence-electron chi connectivity index (χ3n) is 3.46. The van der Waals surface area contributed by atoms with Crippen molar-refractivity contribution in [2.75, 3.05) is 5.32 Å². The zero-order chi connectivity index (χ0) is 17.5. The van der Waals surface area contributed by atoms with Gasteiger partial charge in [0.05, 0.1) is 17.3 Å². The minimum atomic E-state index is -1.06. The number of amides is 1. The van der Waals surface area contributed by atoms with Crippen LogP contribution in [0.1, 0.15) is 12.0 Å². The first-order valence-electron chi connectivity index (χ1n) is 7.26. The second kappa shape index (κ2) is 7.87. The van der Waals surface area contributed by atoms with Crippen molar-refractivity contribution in [3.05, 3.63) is 70.3 Å². The van der Waals surface area contributed by atoms with E-state index in [9.17, 15) is 19.7 Å². The van der Waals surface area contributed by atoms with Crippen molar-refractivity contribution in [3.8, 4) is 0 Å². The van der Waals surface area contributed by atoms with Crippen LogP contribution in [0.5, 0.6) is 0 Å². The van der Waals surface area contributed by atoms with E-state index in [2.05, 4.69) is 5.32 Å². The van der Waals surface area contributed by atoms with Crippen LogP contribution in [-0.4, -0.2) is 21.9 Å². The Labute approximate surface area is 138 Å². The number of carbonyl (C=O) groups is 2. The number of carboxylic acid groups (broad SMARTS) is 1. The number of carboxylic acids is 1. The number of carbonyl (C=O) groups excluding carboxylic acids is 1. The summed E-state index contributed by atoms with van der Waals surface area (Å²) in [4.78, 5) is 33.5. The second-order valence-corrected chi connectivity index (χ2v) is 5.28. The molecule has 1 atom stereocenters. The number of hydrogen-bond acceptors (Lipinski definition) is 4. The first-order chi connectivity index (χ1) is 11.5. The van der Waals surface area contributed by atoms with Crippen LogP contribution in [0.4, 0.5) is 11.4 Å². The fraction of sp³-hybridized carbons (Fsp3) is 0.176. The zero-order valence-corrected chi connectivity index (χ0v) is 12.7. The van der Waals surface area contributed by atoms with Gasteiger partial charge in [0.15, 0.2) is 0 Å². The van der Waals surface area contributed by atoms with Crippen LogP contribution >= 0.6 is 0 Å². The lowest BCUT2D eigenvalue weighted by atomic mass is 9.95. The predicted molar refractivity (Wildman–Crippen MR) is 87.6 cm³/mol. The molecule has 1 amide bonds. The fourth-order valence-corrected chi connectivity index (χ4v) is 2.28. The van der Waals surface area contributed by atoms with Crippen LogP contribution in [0, 0.1) is 16.0 Å². The van der Waals surface area contributed by atoms with E-state index in [0.29, 0.717) is 12.1 Å². The third kappa shape index (κ3) is 4.91. The molecule has 2 rings (SSSR count). The molecule has 0 aliphatic carbocycles. The Bertz CT molecular complexity index is 728. The van der Waals surface area contributed by atoms with Crippen LogP contribution < -0.4 is 5.32 Å². The molecule has 0 saturated carbocycles. The van der Waals surface area contributed by atoms with Gasteiger partial charge in [-0.25, -0.2) is 0 Å². The van der Waals surface area contributed by atoms with Gasteiger partial charge in [-0.15, -0.1) is 0 Å². The van der Waals surface area contributed by atoms with Gasteiger partial charge in [-0.2, -0.15) is 0 Å². The van der Waals surface area contributed by atoms with Crippen molar-refractivity contribution >= 4 is 23.3 Å². The summed E-state index contributed by atoms with van der Waals surface area (Å²) < 4.78 is 0. The summed E-state index contributed by atoms with van der Waals surface area (Å²) >= 11 is 0. The van der Waals surface area contributed by atoms with Crippen LogP contribution in [0.25, 0.3) is 0 Å². The Morgan fingerprint density at radius 3 is 2.25 bits per heavy atom. The SMILES string of the molecule is O=C(O)C[C@@H](Cc1ccccc1)C(=O)Nc1ccc([N+](=O)[O-])cc1. The number of nitrogens with zero attached hydrogens (tertiary/aromatic N) is 1. The van der Waals surface area contributed by atoms with Crippen molar-refractivity contribution in [1.29, 1.82) is 0 Å². The molecule has 7 nitrogen and oxygen atoms in total. The number of aliphatic carboxylic acids is 1. The van der Waals surface area contributed by atoms with E-state index in [1.165, 1.54) is 24.3 Å². The summed E-state index contributed by atoms with van der Waals surface area (Å²) in [6, 6.07) is 14.5. The summed E-state index contributed by atoms with van der Waals surface area (Å²) in [7, 11) is 0. The van der Waals surface area contributed by atoms with E-state index in [1.54, 1.807) is 0 Å². The molecule has 0 aliphatic heterocycles. The average molecular weight is 328 g/mol. The van der Waals surface area contributed by atoms with Crippen molar-refractivity contribution in [1.82, 2.24) is 0 Å². The van der Waals surface area contributed by atoms with Gasteiger partial charge in [-0.3, -0.25) is 19.7 Å². The molecule has 0 aliphatic rings. The van der Waals surface area contributed by atoms with Crippen molar-refractivity contribution in [3.63, 3.8) is 0 Å². The average Bonchev–Trinajstić information content (AvgIpc) is 2.55. The monoisotopic (exact) mass is 328 g/mol. The highest BCUT2D eigenvalue weighted by Gasteiger charge is 2.22. The molecule has 0 heterocycles. The topological polar surface area (TPSA) is 110 Å². The van der Waals surface area contributed by atoms with Crippen molar-refractivity contribution in [2.24, 2.45) is 5.92 Å². The molecule has 0 unspecified atom stereocenters. The number of benzene rings is 2. The van der Waals surface area contributed by atoms with E-state index in [0.717, 1.165) is 5.56 Å². The third-order valence-corrected chi connectivity index (χ3v) is 3.46.